The third kappa shape index (κ3) is 5.13. The number of rotatable bonds is 8. The summed E-state index contributed by atoms with van der Waals surface area (Å²) in [7, 11) is -2.09. The van der Waals surface area contributed by atoms with Crippen LogP contribution in [0.5, 0.6) is 11.5 Å². The zero-order chi connectivity index (χ0) is 23.8. The molecule has 1 atom stereocenters. The molecule has 2 aromatic carbocycles. The van der Waals surface area contributed by atoms with Gasteiger partial charge in [-0.25, -0.2) is 4.68 Å². The molecule has 1 aromatic heterocycles. The van der Waals surface area contributed by atoms with E-state index >= 15 is 0 Å². The van der Waals surface area contributed by atoms with Crippen molar-refractivity contribution in [2.75, 3.05) is 24.9 Å². The summed E-state index contributed by atoms with van der Waals surface area (Å²) in [5.74, 6) is 0.591. The van der Waals surface area contributed by atoms with E-state index in [0.29, 0.717) is 34.4 Å². The molecule has 0 N–H and O–H groups in total. The topological polar surface area (TPSA) is 100.0 Å². The van der Waals surface area contributed by atoms with Gasteiger partial charge in [-0.3, -0.25) is 8.98 Å². The standard InChI is InChI=1S/C22H22ClN3O6S/c1-14(32-33(3,28)29)13-31-19-9-8-18(10-20(19)30-2)25-11-15-12-26(24-21(15)22(25)27)17-6-4-16(23)5-7-17/h4-10,12,14H,11,13H2,1-3H3. The average molecular weight is 492 g/mol. The lowest BCUT2D eigenvalue weighted by molar-refractivity contribution is 0.0991. The normalized spacial score (nSPS) is 14.3. The Morgan fingerprint density at radius 1 is 1.12 bits per heavy atom. The lowest BCUT2D eigenvalue weighted by Gasteiger charge is -2.19. The van der Waals surface area contributed by atoms with Gasteiger partial charge in [0.05, 0.1) is 25.6 Å². The Labute approximate surface area is 196 Å². The molecule has 174 valence electrons. The first-order valence-electron chi connectivity index (χ1n) is 10.00. The summed E-state index contributed by atoms with van der Waals surface area (Å²) in [6.07, 6.45) is 2.14. The molecular weight excluding hydrogens is 470 g/mol. The number of methoxy groups -OCH3 is 1. The zero-order valence-electron chi connectivity index (χ0n) is 18.2. The Kier molecular flexibility index (Phi) is 6.33. The Morgan fingerprint density at radius 2 is 1.82 bits per heavy atom. The van der Waals surface area contributed by atoms with Crippen molar-refractivity contribution in [2.45, 2.75) is 19.6 Å². The molecule has 1 aliphatic heterocycles. The number of hydrogen-bond acceptors (Lipinski definition) is 7. The van der Waals surface area contributed by atoms with Crippen LogP contribution in [0.15, 0.2) is 48.7 Å². The number of carbonyl (C=O) groups excluding carboxylic acids is 1. The number of carbonyl (C=O) groups is 1. The molecule has 1 aliphatic rings. The first kappa shape index (κ1) is 23.1. The molecule has 0 bridgehead atoms. The van der Waals surface area contributed by atoms with E-state index < -0.39 is 16.2 Å². The van der Waals surface area contributed by atoms with E-state index in [-0.39, 0.29) is 12.5 Å². The number of fused-ring (bicyclic) bond motifs is 1. The van der Waals surface area contributed by atoms with E-state index in [2.05, 4.69) is 5.10 Å². The number of amides is 1. The predicted molar refractivity (Wildman–Crippen MR) is 123 cm³/mol. The van der Waals surface area contributed by atoms with E-state index in [1.165, 1.54) is 7.11 Å². The number of nitrogens with zero attached hydrogens (tertiary/aromatic N) is 3. The fourth-order valence-corrected chi connectivity index (χ4v) is 4.27. The summed E-state index contributed by atoms with van der Waals surface area (Å²) in [6, 6.07) is 12.3. The van der Waals surface area contributed by atoms with Crippen LogP contribution in [0.3, 0.4) is 0 Å². The van der Waals surface area contributed by atoms with E-state index in [9.17, 15) is 13.2 Å². The number of ether oxygens (including phenoxy) is 2. The minimum absolute atomic E-state index is 0.00957. The van der Waals surface area contributed by atoms with Crippen LogP contribution in [0.1, 0.15) is 23.0 Å². The van der Waals surface area contributed by atoms with Crippen LogP contribution in [0.4, 0.5) is 5.69 Å². The van der Waals surface area contributed by atoms with Gasteiger partial charge in [-0.05, 0) is 43.3 Å². The molecule has 1 unspecified atom stereocenters. The lowest BCUT2D eigenvalue weighted by atomic mass is 10.2. The zero-order valence-corrected chi connectivity index (χ0v) is 19.8. The third-order valence-corrected chi connectivity index (χ3v) is 5.86. The number of halogens is 1. The van der Waals surface area contributed by atoms with Crippen LogP contribution in [0.2, 0.25) is 5.02 Å². The Morgan fingerprint density at radius 3 is 2.45 bits per heavy atom. The van der Waals surface area contributed by atoms with Gasteiger partial charge in [-0.15, -0.1) is 0 Å². The van der Waals surface area contributed by atoms with Crippen LogP contribution in [-0.2, 0) is 20.8 Å². The molecule has 9 nitrogen and oxygen atoms in total. The van der Waals surface area contributed by atoms with Gasteiger partial charge >= 0.3 is 0 Å². The average Bonchev–Trinajstić information content (AvgIpc) is 3.31. The molecule has 0 aliphatic carbocycles. The summed E-state index contributed by atoms with van der Waals surface area (Å²) >= 11 is 5.94. The van der Waals surface area contributed by atoms with Crippen LogP contribution >= 0.6 is 11.6 Å². The molecule has 0 saturated heterocycles. The van der Waals surface area contributed by atoms with Gasteiger partial charge in [0.15, 0.2) is 17.2 Å². The molecule has 11 heteroatoms. The highest BCUT2D eigenvalue weighted by molar-refractivity contribution is 7.86. The molecule has 0 fully saturated rings. The Balaban J connectivity index is 1.49. The number of hydrogen-bond donors (Lipinski definition) is 0. The molecule has 1 amide bonds. The van der Waals surface area contributed by atoms with Crippen LogP contribution in [0.25, 0.3) is 5.69 Å². The highest BCUT2D eigenvalue weighted by atomic mass is 35.5. The van der Waals surface area contributed by atoms with E-state index in [4.69, 9.17) is 25.3 Å². The fraction of sp³-hybridized carbons (Fsp3) is 0.273. The predicted octanol–water partition coefficient (Wildman–Crippen LogP) is 3.44. The first-order valence-corrected chi connectivity index (χ1v) is 12.2. The molecule has 0 saturated carbocycles. The SMILES string of the molecule is COc1cc(N2Cc3cn(-c4ccc(Cl)cc4)nc3C2=O)ccc1OCC(C)OS(C)(=O)=O. The summed E-state index contributed by atoms with van der Waals surface area (Å²) in [4.78, 5) is 14.6. The maximum absolute atomic E-state index is 13.0. The van der Waals surface area contributed by atoms with Crippen molar-refractivity contribution in [1.29, 1.82) is 0 Å². The monoisotopic (exact) mass is 491 g/mol. The molecular formula is C22H22ClN3O6S. The Bertz CT molecular complexity index is 1290. The smallest absolute Gasteiger partial charge is 0.279 e. The molecule has 4 rings (SSSR count). The summed E-state index contributed by atoms with van der Waals surface area (Å²) in [5, 5.41) is 5.07. The Hall–Kier alpha value is -3.08. The van der Waals surface area contributed by atoms with Crippen molar-refractivity contribution in [3.8, 4) is 17.2 Å². The van der Waals surface area contributed by atoms with Gasteiger partial charge in [0.2, 0.25) is 0 Å². The number of benzene rings is 2. The van der Waals surface area contributed by atoms with Gasteiger partial charge in [0.25, 0.3) is 16.0 Å². The van der Waals surface area contributed by atoms with Crippen molar-refractivity contribution < 1.29 is 26.9 Å². The van der Waals surface area contributed by atoms with Gasteiger partial charge < -0.3 is 14.4 Å². The largest absolute Gasteiger partial charge is 0.493 e. The van der Waals surface area contributed by atoms with Crippen molar-refractivity contribution >= 4 is 33.3 Å². The first-order chi connectivity index (χ1) is 15.6. The van der Waals surface area contributed by atoms with Crippen LogP contribution in [-0.4, -0.2) is 50.2 Å². The van der Waals surface area contributed by atoms with Gasteiger partial charge in [-0.1, -0.05) is 11.6 Å². The summed E-state index contributed by atoms with van der Waals surface area (Å²) in [6.45, 7) is 1.96. The number of anilines is 1. The second-order valence-corrected chi connectivity index (χ2v) is 9.61. The second kappa shape index (κ2) is 9.05. The van der Waals surface area contributed by atoms with Gasteiger partial charge in [0.1, 0.15) is 12.7 Å². The maximum atomic E-state index is 13.0. The summed E-state index contributed by atoms with van der Waals surface area (Å²) < 4.78 is 40.1. The number of aromatic nitrogens is 2. The molecule has 2 heterocycles. The quantitative estimate of drug-likeness (QED) is 0.445. The molecule has 3 aromatic rings. The van der Waals surface area contributed by atoms with E-state index in [1.54, 1.807) is 46.8 Å². The molecule has 0 spiro atoms. The van der Waals surface area contributed by atoms with Gasteiger partial charge in [0, 0.05) is 28.5 Å². The van der Waals surface area contributed by atoms with Crippen LogP contribution < -0.4 is 14.4 Å². The van der Waals surface area contributed by atoms with E-state index in [0.717, 1.165) is 17.5 Å². The van der Waals surface area contributed by atoms with Crippen LogP contribution in [0, 0.1) is 0 Å². The van der Waals surface area contributed by atoms with Crippen molar-refractivity contribution in [1.82, 2.24) is 9.78 Å². The van der Waals surface area contributed by atoms with Crippen molar-refractivity contribution in [3.63, 3.8) is 0 Å². The fourth-order valence-electron chi connectivity index (χ4n) is 3.49. The second-order valence-electron chi connectivity index (χ2n) is 7.57. The minimum Gasteiger partial charge on any atom is -0.493 e. The van der Waals surface area contributed by atoms with Gasteiger partial charge in [-0.2, -0.15) is 13.5 Å². The summed E-state index contributed by atoms with van der Waals surface area (Å²) in [5.41, 5.74) is 2.63. The maximum Gasteiger partial charge on any atom is 0.279 e. The third-order valence-electron chi connectivity index (χ3n) is 4.93. The lowest BCUT2D eigenvalue weighted by Crippen LogP contribution is -2.24. The van der Waals surface area contributed by atoms with Crippen molar-refractivity contribution in [3.05, 3.63) is 64.9 Å². The van der Waals surface area contributed by atoms with Crippen molar-refractivity contribution in [2.24, 2.45) is 0 Å². The highest BCUT2D eigenvalue weighted by Crippen LogP contribution is 2.35. The highest BCUT2D eigenvalue weighted by Gasteiger charge is 2.32. The molecule has 33 heavy (non-hydrogen) atoms. The van der Waals surface area contributed by atoms with E-state index in [1.807, 2.05) is 18.3 Å². The molecule has 0 radical (unpaired) electrons. The minimum atomic E-state index is -3.58.